The van der Waals surface area contributed by atoms with Crippen LogP contribution in [0.4, 0.5) is 5.69 Å². The van der Waals surface area contributed by atoms with Gasteiger partial charge in [-0.3, -0.25) is 4.72 Å². The van der Waals surface area contributed by atoms with Gasteiger partial charge < -0.3 is 9.47 Å². The predicted octanol–water partition coefficient (Wildman–Crippen LogP) is 2.73. The van der Waals surface area contributed by atoms with Gasteiger partial charge in [0, 0.05) is 0 Å². The molecule has 1 heterocycles. The van der Waals surface area contributed by atoms with Crippen LogP contribution in [0.1, 0.15) is 16.6 Å². The standard InChI is InChI=1S/C14H15NO5S2/c1-3-20-11-7-5-4-6-10(11)15-22(17,18)12-8-9-21-13(12)14(16)19-2/h4-9,15H,3H2,1-2H3. The van der Waals surface area contributed by atoms with E-state index in [-0.39, 0.29) is 9.77 Å². The van der Waals surface area contributed by atoms with Crippen molar-refractivity contribution < 1.29 is 22.7 Å². The number of hydrogen-bond donors (Lipinski definition) is 1. The van der Waals surface area contributed by atoms with Crippen molar-refractivity contribution in [3.63, 3.8) is 0 Å². The molecular formula is C14H15NO5S2. The Morgan fingerprint density at radius 1 is 1.27 bits per heavy atom. The van der Waals surface area contributed by atoms with Crippen molar-refractivity contribution in [3.05, 3.63) is 40.6 Å². The first-order chi connectivity index (χ1) is 10.5. The van der Waals surface area contributed by atoms with E-state index in [0.717, 1.165) is 11.3 Å². The van der Waals surface area contributed by atoms with Crippen molar-refractivity contribution >= 4 is 33.0 Å². The Bertz CT molecular complexity index is 767. The lowest BCUT2D eigenvalue weighted by molar-refractivity contribution is 0.0602. The van der Waals surface area contributed by atoms with Gasteiger partial charge in [-0.1, -0.05) is 12.1 Å². The SMILES string of the molecule is CCOc1ccccc1NS(=O)(=O)c1ccsc1C(=O)OC. The Hall–Kier alpha value is -2.06. The lowest BCUT2D eigenvalue weighted by Crippen LogP contribution is -2.16. The van der Waals surface area contributed by atoms with Crippen molar-refractivity contribution in [1.82, 2.24) is 0 Å². The highest BCUT2D eigenvalue weighted by molar-refractivity contribution is 7.93. The molecule has 0 amide bonds. The lowest BCUT2D eigenvalue weighted by Gasteiger charge is -2.12. The largest absolute Gasteiger partial charge is 0.492 e. The van der Waals surface area contributed by atoms with Crippen molar-refractivity contribution in [3.8, 4) is 5.75 Å². The molecule has 0 radical (unpaired) electrons. The topological polar surface area (TPSA) is 81.7 Å². The number of para-hydroxylation sites is 2. The second-order valence-corrected chi connectivity index (χ2v) is 6.71. The molecule has 2 aromatic rings. The van der Waals surface area contributed by atoms with Crippen LogP contribution in [-0.2, 0) is 14.8 Å². The molecule has 22 heavy (non-hydrogen) atoms. The van der Waals surface area contributed by atoms with Gasteiger partial charge >= 0.3 is 5.97 Å². The van der Waals surface area contributed by atoms with Crippen LogP contribution in [0, 0.1) is 0 Å². The van der Waals surface area contributed by atoms with E-state index < -0.39 is 16.0 Å². The normalized spacial score (nSPS) is 11.0. The Morgan fingerprint density at radius 3 is 2.68 bits per heavy atom. The molecule has 2 rings (SSSR count). The van der Waals surface area contributed by atoms with Gasteiger partial charge in [-0.25, -0.2) is 13.2 Å². The quantitative estimate of drug-likeness (QED) is 0.817. The van der Waals surface area contributed by atoms with Crippen LogP contribution in [0.3, 0.4) is 0 Å². The monoisotopic (exact) mass is 341 g/mol. The highest BCUT2D eigenvalue weighted by atomic mass is 32.2. The minimum Gasteiger partial charge on any atom is -0.492 e. The minimum atomic E-state index is -3.92. The maximum absolute atomic E-state index is 12.5. The highest BCUT2D eigenvalue weighted by Crippen LogP contribution is 2.29. The molecule has 0 atom stereocenters. The summed E-state index contributed by atoms with van der Waals surface area (Å²) in [7, 11) is -2.71. The van der Waals surface area contributed by atoms with E-state index in [1.807, 2.05) is 0 Å². The summed E-state index contributed by atoms with van der Waals surface area (Å²) in [6.07, 6.45) is 0. The van der Waals surface area contributed by atoms with Crippen LogP contribution in [-0.4, -0.2) is 28.1 Å². The molecule has 1 aromatic carbocycles. The number of methoxy groups -OCH3 is 1. The first kappa shape index (κ1) is 16.3. The molecule has 0 aliphatic carbocycles. The summed E-state index contributed by atoms with van der Waals surface area (Å²) >= 11 is 1.01. The molecule has 6 nitrogen and oxygen atoms in total. The van der Waals surface area contributed by atoms with E-state index in [1.54, 1.807) is 31.2 Å². The first-order valence-corrected chi connectivity index (χ1v) is 8.76. The molecule has 0 aliphatic rings. The van der Waals surface area contributed by atoms with Crippen LogP contribution in [0.15, 0.2) is 40.6 Å². The zero-order valence-corrected chi connectivity index (χ0v) is 13.7. The molecule has 1 N–H and O–H groups in total. The average Bonchev–Trinajstić information content (AvgIpc) is 2.99. The third-order valence-corrected chi connectivity index (χ3v) is 5.15. The average molecular weight is 341 g/mol. The molecule has 118 valence electrons. The highest BCUT2D eigenvalue weighted by Gasteiger charge is 2.25. The van der Waals surface area contributed by atoms with E-state index in [1.165, 1.54) is 18.6 Å². The number of rotatable bonds is 6. The molecular weight excluding hydrogens is 326 g/mol. The summed E-state index contributed by atoms with van der Waals surface area (Å²) in [4.78, 5) is 11.6. The number of carbonyl (C=O) groups is 1. The smallest absolute Gasteiger partial charge is 0.349 e. The number of carbonyl (C=O) groups excluding carboxylic acids is 1. The van der Waals surface area contributed by atoms with Crippen molar-refractivity contribution in [1.29, 1.82) is 0 Å². The fraction of sp³-hybridized carbons (Fsp3) is 0.214. The van der Waals surface area contributed by atoms with E-state index in [0.29, 0.717) is 18.0 Å². The van der Waals surface area contributed by atoms with Crippen molar-refractivity contribution in [2.45, 2.75) is 11.8 Å². The van der Waals surface area contributed by atoms with Crippen LogP contribution in [0.2, 0.25) is 0 Å². The van der Waals surface area contributed by atoms with Gasteiger partial charge in [0.1, 0.15) is 15.5 Å². The summed E-state index contributed by atoms with van der Waals surface area (Å²) in [5.41, 5.74) is 0.311. The van der Waals surface area contributed by atoms with Crippen LogP contribution in [0.5, 0.6) is 5.75 Å². The molecule has 0 spiro atoms. The van der Waals surface area contributed by atoms with E-state index in [9.17, 15) is 13.2 Å². The van der Waals surface area contributed by atoms with Crippen LogP contribution < -0.4 is 9.46 Å². The second kappa shape index (κ2) is 6.80. The number of esters is 1. The number of nitrogens with one attached hydrogen (secondary N) is 1. The Kier molecular flexibility index (Phi) is 5.04. The number of benzene rings is 1. The fourth-order valence-electron chi connectivity index (χ4n) is 1.78. The third-order valence-electron chi connectivity index (χ3n) is 2.72. The number of hydrogen-bond acceptors (Lipinski definition) is 6. The van der Waals surface area contributed by atoms with Crippen LogP contribution >= 0.6 is 11.3 Å². The maximum Gasteiger partial charge on any atom is 0.349 e. The van der Waals surface area contributed by atoms with Gasteiger partial charge in [-0.15, -0.1) is 11.3 Å². The van der Waals surface area contributed by atoms with Gasteiger partial charge in [0.2, 0.25) is 0 Å². The number of thiophene rings is 1. The Balaban J connectivity index is 2.37. The second-order valence-electron chi connectivity index (χ2n) is 4.14. The summed E-state index contributed by atoms with van der Waals surface area (Å²) in [5.74, 6) is -0.267. The Morgan fingerprint density at radius 2 is 2.00 bits per heavy atom. The molecule has 8 heteroatoms. The fourth-order valence-corrected chi connectivity index (χ4v) is 4.19. The van der Waals surface area contributed by atoms with E-state index in [2.05, 4.69) is 9.46 Å². The van der Waals surface area contributed by atoms with Gasteiger partial charge in [-0.05, 0) is 30.5 Å². The Labute approximate surface area is 132 Å². The van der Waals surface area contributed by atoms with Gasteiger partial charge in [0.05, 0.1) is 19.4 Å². The van der Waals surface area contributed by atoms with Gasteiger partial charge in [-0.2, -0.15) is 0 Å². The maximum atomic E-state index is 12.5. The minimum absolute atomic E-state index is 0.0314. The van der Waals surface area contributed by atoms with Crippen molar-refractivity contribution in [2.75, 3.05) is 18.4 Å². The summed E-state index contributed by atoms with van der Waals surface area (Å²) in [5, 5.41) is 1.52. The molecule has 0 saturated carbocycles. The molecule has 1 aromatic heterocycles. The molecule has 0 saturated heterocycles. The van der Waals surface area contributed by atoms with Crippen LogP contribution in [0.25, 0.3) is 0 Å². The zero-order valence-electron chi connectivity index (χ0n) is 12.0. The predicted molar refractivity (Wildman–Crippen MR) is 84.1 cm³/mol. The zero-order chi connectivity index (χ0) is 16.2. The third kappa shape index (κ3) is 3.40. The van der Waals surface area contributed by atoms with E-state index >= 15 is 0 Å². The summed E-state index contributed by atoms with van der Waals surface area (Å²) in [6.45, 7) is 2.21. The molecule has 0 aliphatic heterocycles. The van der Waals surface area contributed by atoms with Gasteiger partial charge in [0.15, 0.2) is 0 Å². The summed E-state index contributed by atoms with van der Waals surface area (Å²) < 4.78 is 37.4. The molecule has 0 unspecified atom stereocenters. The number of ether oxygens (including phenoxy) is 2. The molecule has 0 fully saturated rings. The number of anilines is 1. The molecule has 0 bridgehead atoms. The summed E-state index contributed by atoms with van der Waals surface area (Å²) in [6, 6.07) is 8.05. The first-order valence-electron chi connectivity index (χ1n) is 6.40. The number of sulfonamides is 1. The van der Waals surface area contributed by atoms with E-state index in [4.69, 9.17) is 4.74 Å². The lowest BCUT2D eigenvalue weighted by atomic mass is 10.3. The van der Waals surface area contributed by atoms with Gasteiger partial charge in [0.25, 0.3) is 10.0 Å². The van der Waals surface area contributed by atoms with Crippen molar-refractivity contribution in [2.24, 2.45) is 0 Å².